The summed E-state index contributed by atoms with van der Waals surface area (Å²) in [6, 6.07) is 0. The molecule has 1 heteroatoms. The fourth-order valence-corrected chi connectivity index (χ4v) is 8.19. The van der Waals surface area contributed by atoms with Crippen molar-refractivity contribution in [3.8, 4) is 0 Å². The highest BCUT2D eigenvalue weighted by atomic mass is 32.2. The second kappa shape index (κ2) is 6.58. The van der Waals surface area contributed by atoms with Crippen molar-refractivity contribution in [2.45, 2.75) is 116 Å². The van der Waals surface area contributed by atoms with Gasteiger partial charge in [-0.25, -0.2) is 0 Å². The first-order valence-corrected chi connectivity index (χ1v) is 11.0. The van der Waals surface area contributed by atoms with Gasteiger partial charge in [-0.2, -0.15) is 0 Å². The van der Waals surface area contributed by atoms with E-state index in [9.17, 15) is 0 Å². The van der Waals surface area contributed by atoms with E-state index >= 15 is 0 Å². The zero-order valence-electron chi connectivity index (χ0n) is 17.2. The molecule has 2 aliphatic carbocycles. The maximum Gasteiger partial charge on any atom is 0.0239 e. The van der Waals surface area contributed by atoms with Crippen LogP contribution in [-0.4, -0.2) is 9.49 Å². The minimum absolute atomic E-state index is 0.382. The Hall–Kier alpha value is 0.350. The van der Waals surface area contributed by atoms with Gasteiger partial charge in [0.15, 0.2) is 0 Å². The Morgan fingerprint density at radius 3 is 1.26 bits per heavy atom. The molecule has 0 radical (unpaired) electrons. The van der Waals surface area contributed by atoms with Crippen molar-refractivity contribution < 1.29 is 0 Å². The van der Waals surface area contributed by atoms with Crippen LogP contribution in [0.3, 0.4) is 0 Å². The van der Waals surface area contributed by atoms with Gasteiger partial charge in [-0.15, -0.1) is 11.8 Å². The van der Waals surface area contributed by atoms with Crippen molar-refractivity contribution in [1.82, 2.24) is 0 Å². The first kappa shape index (κ1) is 19.7. The Labute approximate surface area is 151 Å². The molecule has 0 heterocycles. The summed E-state index contributed by atoms with van der Waals surface area (Å²) >= 11 is 2.47. The molecular weight excluding hydrogens is 296 g/mol. The molecule has 23 heavy (non-hydrogen) atoms. The Bertz CT molecular complexity index is 361. The van der Waals surface area contributed by atoms with Crippen molar-refractivity contribution >= 4 is 11.8 Å². The molecule has 0 aromatic heterocycles. The number of rotatable bonds is 2. The van der Waals surface area contributed by atoms with Crippen molar-refractivity contribution in [1.29, 1.82) is 0 Å². The molecule has 4 unspecified atom stereocenters. The first-order chi connectivity index (χ1) is 10.5. The Morgan fingerprint density at radius 1 is 0.652 bits per heavy atom. The summed E-state index contributed by atoms with van der Waals surface area (Å²) in [5.74, 6) is 1.68. The van der Waals surface area contributed by atoms with E-state index in [1.54, 1.807) is 0 Å². The van der Waals surface area contributed by atoms with E-state index < -0.39 is 0 Å². The maximum atomic E-state index is 2.56. The molecule has 136 valence electrons. The quantitative estimate of drug-likeness (QED) is 0.497. The molecule has 0 bridgehead atoms. The second-order valence-corrected chi connectivity index (χ2v) is 12.3. The molecule has 0 aliphatic heterocycles. The van der Waals surface area contributed by atoms with Crippen LogP contribution in [0.25, 0.3) is 0 Å². The highest BCUT2D eigenvalue weighted by Gasteiger charge is 2.57. The van der Waals surface area contributed by atoms with Crippen molar-refractivity contribution in [2.24, 2.45) is 22.7 Å². The highest BCUT2D eigenvalue weighted by molar-refractivity contribution is 8.02. The Balaban J connectivity index is 2.47. The normalized spacial score (nSPS) is 40.2. The molecule has 4 atom stereocenters. The van der Waals surface area contributed by atoms with Crippen LogP contribution in [0, 0.1) is 22.7 Å². The lowest BCUT2D eigenvalue weighted by Gasteiger charge is -2.61. The van der Waals surface area contributed by atoms with Gasteiger partial charge in [0.2, 0.25) is 0 Å². The fourth-order valence-electron chi connectivity index (χ4n) is 5.80. The summed E-state index contributed by atoms with van der Waals surface area (Å²) < 4.78 is 0.897. The van der Waals surface area contributed by atoms with Gasteiger partial charge in [-0.3, -0.25) is 0 Å². The smallest absolute Gasteiger partial charge is 0.0239 e. The van der Waals surface area contributed by atoms with Crippen LogP contribution in [0.15, 0.2) is 0 Å². The number of hydrogen-bond donors (Lipinski definition) is 0. The lowest BCUT2D eigenvalue weighted by molar-refractivity contribution is 0.127. The number of thioether (sulfide) groups is 1. The lowest BCUT2D eigenvalue weighted by atomic mass is 9.65. The Morgan fingerprint density at radius 2 is 1.00 bits per heavy atom. The maximum absolute atomic E-state index is 2.56. The molecule has 2 rings (SSSR count). The molecule has 2 aliphatic rings. The lowest BCUT2D eigenvalue weighted by Crippen LogP contribution is -2.56. The predicted octanol–water partition coefficient (Wildman–Crippen LogP) is 7.71. The predicted molar refractivity (Wildman–Crippen MR) is 107 cm³/mol. The van der Waals surface area contributed by atoms with Gasteiger partial charge >= 0.3 is 0 Å². The summed E-state index contributed by atoms with van der Waals surface area (Å²) in [4.78, 5) is 0. The summed E-state index contributed by atoms with van der Waals surface area (Å²) in [6.45, 7) is 20.2. The summed E-state index contributed by atoms with van der Waals surface area (Å²) in [7, 11) is 0. The molecule has 0 nitrogen and oxygen atoms in total. The monoisotopic (exact) mass is 338 g/mol. The molecule has 2 saturated carbocycles. The molecule has 0 amide bonds. The van der Waals surface area contributed by atoms with Crippen molar-refractivity contribution in [3.05, 3.63) is 0 Å². The van der Waals surface area contributed by atoms with Crippen LogP contribution in [0.5, 0.6) is 0 Å². The third-order valence-corrected chi connectivity index (χ3v) is 10.5. The zero-order valence-corrected chi connectivity index (χ0v) is 18.0. The standard InChI is InChI=1S/C22H42S/c1-17-13-9-11-15-21(17,19(3,4)5)23-22(20(6,7)8)16-12-10-14-18(22)2/h17-18H,9-16H2,1-8H3. The van der Waals surface area contributed by atoms with E-state index in [1.807, 2.05) is 0 Å². The number of hydrogen-bond acceptors (Lipinski definition) is 1. The van der Waals surface area contributed by atoms with Gasteiger partial charge in [-0.1, -0.05) is 81.1 Å². The third-order valence-electron chi connectivity index (χ3n) is 7.37. The van der Waals surface area contributed by atoms with Gasteiger partial charge < -0.3 is 0 Å². The largest absolute Gasteiger partial charge is 0.147 e. The van der Waals surface area contributed by atoms with Crippen LogP contribution in [0.2, 0.25) is 0 Å². The molecule has 0 spiro atoms. The Kier molecular flexibility index (Phi) is 5.63. The average molecular weight is 339 g/mol. The topological polar surface area (TPSA) is 0 Å². The fraction of sp³-hybridized carbons (Fsp3) is 1.00. The molecule has 2 fully saturated rings. The van der Waals surface area contributed by atoms with Gasteiger partial charge in [0.25, 0.3) is 0 Å². The molecule has 0 saturated heterocycles. The summed E-state index contributed by atoms with van der Waals surface area (Å²) in [5, 5.41) is 0. The molecule has 0 aromatic carbocycles. The molecule has 0 N–H and O–H groups in total. The van der Waals surface area contributed by atoms with Crippen LogP contribution in [0.4, 0.5) is 0 Å². The average Bonchev–Trinajstić information content (AvgIpc) is 2.41. The molecule has 0 aromatic rings. The first-order valence-electron chi connectivity index (χ1n) is 10.2. The van der Waals surface area contributed by atoms with Gasteiger partial charge in [-0.05, 0) is 48.3 Å². The summed E-state index contributed by atoms with van der Waals surface area (Å²) in [6.07, 6.45) is 11.5. The van der Waals surface area contributed by atoms with E-state index in [0.29, 0.717) is 20.3 Å². The van der Waals surface area contributed by atoms with E-state index in [-0.39, 0.29) is 0 Å². The minimum Gasteiger partial charge on any atom is -0.147 e. The van der Waals surface area contributed by atoms with Gasteiger partial charge in [0, 0.05) is 9.49 Å². The molecular formula is C22H42S. The van der Waals surface area contributed by atoms with E-state index in [0.717, 1.165) is 11.8 Å². The van der Waals surface area contributed by atoms with Crippen LogP contribution < -0.4 is 0 Å². The van der Waals surface area contributed by atoms with E-state index in [4.69, 9.17) is 0 Å². The highest BCUT2D eigenvalue weighted by Crippen LogP contribution is 2.65. The van der Waals surface area contributed by atoms with Crippen LogP contribution >= 0.6 is 11.8 Å². The van der Waals surface area contributed by atoms with Gasteiger partial charge in [0.1, 0.15) is 0 Å². The van der Waals surface area contributed by atoms with Crippen molar-refractivity contribution in [3.63, 3.8) is 0 Å². The zero-order chi connectivity index (χ0) is 17.5. The van der Waals surface area contributed by atoms with Gasteiger partial charge in [0.05, 0.1) is 0 Å². The third kappa shape index (κ3) is 3.38. The van der Waals surface area contributed by atoms with Crippen LogP contribution in [-0.2, 0) is 0 Å². The van der Waals surface area contributed by atoms with E-state index in [2.05, 4.69) is 67.2 Å². The minimum atomic E-state index is 0.382. The van der Waals surface area contributed by atoms with E-state index in [1.165, 1.54) is 51.4 Å². The SMILES string of the molecule is CC1CCCCC1(SC1(C(C)(C)C)CCCCC1C)C(C)(C)C. The van der Waals surface area contributed by atoms with Crippen LogP contribution in [0.1, 0.15) is 107 Å². The second-order valence-electron chi connectivity index (χ2n) is 10.7. The summed E-state index contributed by atoms with van der Waals surface area (Å²) in [5.41, 5.74) is 0.764. The van der Waals surface area contributed by atoms with Crippen molar-refractivity contribution in [2.75, 3.05) is 0 Å².